The van der Waals surface area contributed by atoms with E-state index in [0.717, 1.165) is 0 Å². The number of benzene rings is 3. The lowest BCUT2D eigenvalue weighted by molar-refractivity contribution is -0.117. The van der Waals surface area contributed by atoms with Gasteiger partial charge in [-0.25, -0.2) is 4.79 Å². The van der Waals surface area contributed by atoms with Gasteiger partial charge in [0.25, 0.3) is 5.91 Å². The molecule has 1 atom stereocenters. The van der Waals surface area contributed by atoms with Gasteiger partial charge in [0.2, 0.25) is 5.78 Å². The Labute approximate surface area is 229 Å². The normalized spacial score (nSPS) is 15.2. The van der Waals surface area contributed by atoms with E-state index in [1.54, 1.807) is 48.5 Å². The van der Waals surface area contributed by atoms with Crippen molar-refractivity contribution in [1.82, 2.24) is 0 Å². The van der Waals surface area contributed by atoms with Crippen LogP contribution < -0.4 is 9.64 Å². The summed E-state index contributed by atoms with van der Waals surface area (Å²) in [6.07, 6.45) is 0.692. The van der Waals surface area contributed by atoms with Crippen LogP contribution in [-0.2, 0) is 9.53 Å². The minimum absolute atomic E-state index is 0.0864. The first-order valence-electron chi connectivity index (χ1n) is 12.2. The molecule has 2 heterocycles. The summed E-state index contributed by atoms with van der Waals surface area (Å²) in [5.41, 5.74) is 1.48. The number of carbonyl (C=O) groups excluding carboxylic acids is 3. The van der Waals surface area contributed by atoms with Crippen molar-refractivity contribution in [3.05, 3.63) is 106 Å². The molecule has 3 aromatic carbocycles. The number of hydrogen-bond acceptors (Lipinski definition) is 7. The Bertz CT molecular complexity index is 1610. The molecule has 8 nitrogen and oxygen atoms in total. The molecular weight excluding hydrogens is 522 g/mol. The quantitative estimate of drug-likeness (QED) is 0.200. The van der Waals surface area contributed by atoms with E-state index in [1.165, 1.54) is 30.2 Å². The molecule has 0 bridgehead atoms. The second-order valence-electron chi connectivity index (χ2n) is 8.90. The molecule has 0 saturated heterocycles. The van der Waals surface area contributed by atoms with Crippen LogP contribution in [0.5, 0.6) is 5.75 Å². The molecule has 0 saturated carbocycles. The van der Waals surface area contributed by atoms with Crippen LogP contribution in [0.1, 0.15) is 45.9 Å². The fraction of sp³-hybridized carbons (Fsp3) is 0.167. The maximum atomic E-state index is 13.8. The first-order valence-corrected chi connectivity index (χ1v) is 12.6. The smallest absolute Gasteiger partial charge is 0.338 e. The summed E-state index contributed by atoms with van der Waals surface area (Å²) in [6.45, 7) is 2.19. The Hall–Kier alpha value is -4.56. The number of fused-ring (bicyclic) bond motifs is 1. The van der Waals surface area contributed by atoms with Crippen LogP contribution in [0.2, 0.25) is 5.02 Å². The zero-order chi connectivity index (χ0) is 27.7. The van der Waals surface area contributed by atoms with Crippen molar-refractivity contribution in [2.75, 3.05) is 18.6 Å². The summed E-state index contributed by atoms with van der Waals surface area (Å²) in [7, 11) is 1.46. The number of aliphatic hydroxyl groups is 1. The lowest BCUT2D eigenvalue weighted by Gasteiger charge is -2.27. The third-order valence-electron chi connectivity index (χ3n) is 6.38. The molecule has 0 fully saturated rings. The van der Waals surface area contributed by atoms with Crippen molar-refractivity contribution in [3.63, 3.8) is 0 Å². The van der Waals surface area contributed by atoms with Gasteiger partial charge in [-0.05, 0) is 48.4 Å². The minimum Gasteiger partial charge on any atom is -0.503 e. The molecule has 1 amide bonds. The maximum Gasteiger partial charge on any atom is 0.338 e. The lowest BCUT2D eigenvalue weighted by Crippen LogP contribution is -2.31. The fourth-order valence-corrected chi connectivity index (χ4v) is 4.79. The zero-order valence-electron chi connectivity index (χ0n) is 21.1. The van der Waals surface area contributed by atoms with Crippen LogP contribution >= 0.6 is 11.6 Å². The number of anilines is 1. The molecule has 1 aliphatic heterocycles. The Kier molecular flexibility index (Phi) is 7.13. The standard InChI is InChI=1S/C30H24ClNO7/c1-3-13-38-30(36)18-9-11-21(12-10-18)32-25(17-7-5-4-6-8-17)24(27(34)29(32)35)26(33)22-15-19-14-20(31)16-23(37-2)28(19)39-22/h4-12,14-16,25,34H,3,13H2,1-2H3. The van der Waals surface area contributed by atoms with Crippen molar-refractivity contribution in [2.45, 2.75) is 19.4 Å². The summed E-state index contributed by atoms with van der Waals surface area (Å²) in [5, 5.41) is 11.9. The SMILES string of the molecule is CCCOC(=O)c1ccc(N2C(=O)C(O)=C(C(=O)c3cc4cc(Cl)cc(OC)c4o3)C2c2ccccc2)cc1. The predicted octanol–water partition coefficient (Wildman–Crippen LogP) is 6.44. The monoisotopic (exact) mass is 545 g/mol. The highest BCUT2D eigenvalue weighted by Gasteiger charge is 2.45. The van der Waals surface area contributed by atoms with E-state index in [2.05, 4.69) is 0 Å². The minimum atomic E-state index is -0.956. The third kappa shape index (κ3) is 4.75. The average Bonchev–Trinajstić information content (AvgIpc) is 3.50. The molecule has 0 radical (unpaired) electrons. The predicted molar refractivity (Wildman–Crippen MR) is 145 cm³/mol. The summed E-state index contributed by atoms with van der Waals surface area (Å²) < 4.78 is 16.4. The van der Waals surface area contributed by atoms with Crippen LogP contribution in [0, 0.1) is 0 Å². The molecule has 4 aromatic rings. The molecule has 1 N–H and O–H groups in total. The lowest BCUT2D eigenvalue weighted by atomic mass is 9.94. The summed E-state index contributed by atoms with van der Waals surface area (Å²) in [5.74, 6) is -2.33. The van der Waals surface area contributed by atoms with Crippen LogP contribution in [0.4, 0.5) is 5.69 Å². The molecule has 5 rings (SSSR count). The number of halogens is 1. The van der Waals surface area contributed by atoms with E-state index in [4.69, 9.17) is 25.5 Å². The van der Waals surface area contributed by atoms with Gasteiger partial charge in [0.15, 0.2) is 22.9 Å². The number of ether oxygens (including phenoxy) is 2. The number of esters is 1. The Morgan fingerprint density at radius 1 is 1.05 bits per heavy atom. The summed E-state index contributed by atoms with van der Waals surface area (Å²) in [6, 6.07) is 18.8. The van der Waals surface area contributed by atoms with Gasteiger partial charge in [-0.15, -0.1) is 0 Å². The number of carbonyl (C=O) groups is 3. The van der Waals surface area contributed by atoms with Gasteiger partial charge in [0.05, 0.1) is 30.9 Å². The van der Waals surface area contributed by atoms with Crippen molar-refractivity contribution in [2.24, 2.45) is 0 Å². The van der Waals surface area contributed by atoms with Crippen molar-refractivity contribution in [1.29, 1.82) is 0 Å². The highest BCUT2D eigenvalue weighted by molar-refractivity contribution is 6.31. The van der Waals surface area contributed by atoms with Gasteiger partial charge < -0.3 is 19.0 Å². The van der Waals surface area contributed by atoms with Crippen LogP contribution in [0.3, 0.4) is 0 Å². The number of aliphatic hydroxyl groups excluding tert-OH is 1. The molecule has 39 heavy (non-hydrogen) atoms. The first-order chi connectivity index (χ1) is 18.8. The third-order valence-corrected chi connectivity index (χ3v) is 6.60. The van der Waals surface area contributed by atoms with E-state index in [-0.39, 0.29) is 11.3 Å². The van der Waals surface area contributed by atoms with Crippen molar-refractivity contribution in [3.8, 4) is 5.75 Å². The van der Waals surface area contributed by atoms with E-state index in [0.29, 0.717) is 51.6 Å². The molecule has 0 spiro atoms. The van der Waals surface area contributed by atoms with E-state index in [1.807, 2.05) is 13.0 Å². The van der Waals surface area contributed by atoms with Gasteiger partial charge in [-0.2, -0.15) is 0 Å². The summed E-state index contributed by atoms with van der Waals surface area (Å²) in [4.78, 5) is 40.8. The molecule has 1 unspecified atom stereocenters. The van der Waals surface area contributed by atoms with Gasteiger partial charge in [-0.3, -0.25) is 14.5 Å². The number of rotatable bonds is 8. The highest BCUT2D eigenvalue weighted by atomic mass is 35.5. The Morgan fingerprint density at radius 2 is 1.77 bits per heavy atom. The Morgan fingerprint density at radius 3 is 2.44 bits per heavy atom. The van der Waals surface area contributed by atoms with Crippen LogP contribution in [0.15, 0.2) is 88.5 Å². The number of hydrogen-bond donors (Lipinski definition) is 1. The fourth-order valence-electron chi connectivity index (χ4n) is 4.57. The number of Topliss-reactive ketones (excluding diaryl/α,β-unsaturated/α-hetero) is 1. The average molecular weight is 546 g/mol. The van der Waals surface area contributed by atoms with Gasteiger partial charge >= 0.3 is 5.97 Å². The second kappa shape index (κ2) is 10.7. The van der Waals surface area contributed by atoms with Crippen LogP contribution in [0.25, 0.3) is 11.0 Å². The van der Waals surface area contributed by atoms with Gasteiger partial charge in [0, 0.05) is 22.2 Å². The van der Waals surface area contributed by atoms with Crippen LogP contribution in [-0.4, -0.2) is 36.5 Å². The molecule has 9 heteroatoms. The topological polar surface area (TPSA) is 106 Å². The second-order valence-corrected chi connectivity index (χ2v) is 9.34. The number of methoxy groups -OCH3 is 1. The maximum absolute atomic E-state index is 13.8. The highest BCUT2D eigenvalue weighted by Crippen LogP contribution is 2.43. The number of amides is 1. The zero-order valence-corrected chi connectivity index (χ0v) is 21.9. The van der Waals surface area contributed by atoms with Crippen molar-refractivity contribution < 1.29 is 33.4 Å². The molecule has 0 aliphatic carbocycles. The molecule has 1 aliphatic rings. The van der Waals surface area contributed by atoms with E-state index >= 15 is 0 Å². The molecule has 198 valence electrons. The number of nitrogens with zero attached hydrogens (tertiary/aromatic N) is 1. The van der Waals surface area contributed by atoms with Gasteiger partial charge in [0.1, 0.15) is 0 Å². The van der Waals surface area contributed by atoms with Gasteiger partial charge in [-0.1, -0.05) is 48.9 Å². The molecule has 1 aromatic heterocycles. The number of furan rings is 1. The van der Waals surface area contributed by atoms with E-state index < -0.39 is 29.5 Å². The molecular formula is C30H24ClNO7. The number of ketones is 1. The first kappa shape index (κ1) is 26.1. The largest absolute Gasteiger partial charge is 0.503 e. The van der Waals surface area contributed by atoms with E-state index in [9.17, 15) is 19.5 Å². The summed E-state index contributed by atoms with van der Waals surface area (Å²) >= 11 is 6.17. The Balaban J connectivity index is 1.57. The van der Waals surface area contributed by atoms with Crippen molar-refractivity contribution >= 4 is 45.9 Å².